The van der Waals surface area contributed by atoms with Gasteiger partial charge in [-0.25, -0.2) is 0 Å². The molecule has 0 unspecified atom stereocenters. The third-order valence-electron chi connectivity index (χ3n) is 2.60. The van der Waals surface area contributed by atoms with Crippen molar-refractivity contribution in [3.8, 4) is 0 Å². The number of carbonyl (C=O) groups is 2. The lowest BCUT2D eigenvalue weighted by Crippen LogP contribution is -2.35. The first-order valence-electron chi connectivity index (χ1n) is 5.81. The second kappa shape index (κ2) is 6.05. The van der Waals surface area contributed by atoms with E-state index < -0.39 is 5.41 Å². The number of carbonyl (C=O) groups excluding carboxylic acids is 2. The second-order valence-corrected chi connectivity index (χ2v) is 5.90. The summed E-state index contributed by atoms with van der Waals surface area (Å²) >= 11 is 1.52. The van der Waals surface area contributed by atoms with Crippen molar-refractivity contribution in [3.63, 3.8) is 0 Å². The molecule has 0 saturated heterocycles. The molecule has 1 N–H and O–H groups in total. The van der Waals surface area contributed by atoms with Crippen molar-refractivity contribution < 1.29 is 9.59 Å². The fourth-order valence-electron chi connectivity index (χ4n) is 1.35. The molecule has 0 aromatic heterocycles. The first kappa shape index (κ1) is 14.8. The maximum absolute atomic E-state index is 12.0. The van der Waals surface area contributed by atoms with Gasteiger partial charge in [0.25, 0.3) is 5.91 Å². The van der Waals surface area contributed by atoms with E-state index in [0.29, 0.717) is 5.56 Å². The van der Waals surface area contributed by atoms with Crippen LogP contribution in [0.15, 0.2) is 29.2 Å². The van der Waals surface area contributed by atoms with Crippen molar-refractivity contribution >= 4 is 23.5 Å². The van der Waals surface area contributed by atoms with Gasteiger partial charge in [0.05, 0.1) is 12.1 Å². The van der Waals surface area contributed by atoms with Crippen LogP contribution < -0.4 is 5.32 Å². The van der Waals surface area contributed by atoms with E-state index in [1.165, 1.54) is 11.8 Å². The lowest BCUT2D eigenvalue weighted by molar-refractivity contribution is -0.125. The van der Waals surface area contributed by atoms with E-state index >= 15 is 0 Å². The highest BCUT2D eigenvalue weighted by molar-refractivity contribution is 7.98. The van der Waals surface area contributed by atoms with E-state index in [-0.39, 0.29) is 18.2 Å². The molecule has 18 heavy (non-hydrogen) atoms. The van der Waals surface area contributed by atoms with Crippen LogP contribution in [0.25, 0.3) is 0 Å². The fourth-order valence-corrected chi connectivity index (χ4v) is 1.95. The topological polar surface area (TPSA) is 46.2 Å². The van der Waals surface area contributed by atoms with Gasteiger partial charge in [-0.1, -0.05) is 32.9 Å². The monoisotopic (exact) mass is 265 g/mol. The van der Waals surface area contributed by atoms with Crippen LogP contribution in [-0.2, 0) is 4.79 Å². The van der Waals surface area contributed by atoms with Crippen molar-refractivity contribution in [2.75, 3.05) is 12.8 Å². The minimum Gasteiger partial charge on any atom is -0.345 e. The van der Waals surface area contributed by atoms with Gasteiger partial charge in [-0.2, -0.15) is 0 Å². The van der Waals surface area contributed by atoms with Gasteiger partial charge in [-0.05, 0) is 18.4 Å². The lowest BCUT2D eigenvalue weighted by Gasteiger charge is -2.17. The predicted molar refractivity (Wildman–Crippen MR) is 75.0 cm³/mol. The summed E-state index contributed by atoms with van der Waals surface area (Å²) < 4.78 is 0. The molecule has 0 spiro atoms. The van der Waals surface area contributed by atoms with Crippen molar-refractivity contribution in [2.24, 2.45) is 5.41 Å². The summed E-state index contributed by atoms with van der Waals surface area (Å²) in [6.45, 7) is 5.61. The molecular weight excluding hydrogens is 246 g/mol. The van der Waals surface area contributed by atoms with Gasteiger partial charge in [0.1, 0.15) is 0 Å². The molecule has 0 aliphatic rings. The third-order valence-corrected chi connectivity index (χ3v) is 3.39. The van der Waals surface area contributed by atoms with E-state index in [2.05, 4.69) is 5.32 Å². The maximum atomic E-state index is 12.0. The van der Waals surface area contributed by atoms with Gasteiger partial charge >= 0.3 is 0 Å². The zero-order chi connectivity index (χ0) is 13.8. The number of hydrogen-bond donors (Lipinski definition) is 1. The molecule has 3 nitrogen and oxygen atoms in total. The van der Waals surface area contributed by atoms with Gasteiger partial charge in [-0.15, -0.1) is 11.8 Å². The van der Waals surface area contributed by atoms with Crippen LogP contribution in [0.4, 0.5) is 0 Å². The highest BCUT2D eigenvalue weighted by Gasteiger charge is 2.21. The summed E-state index contributed by atoms with van der Waals surface area (Å²) in [5.74, 6) is -0.171. The Hall–Kier alpha value is -1.29. The fraction of sp³-hybridized carbons (Fsp3) is 0.429. The van der Waals surface area contributed by atoms with E-state index in [0.717, 1.165) is 4.90 Å². The Labute approximate surface area is 112 Å². The predicted octanol–water partition coefficient (Wildman–Crippen LogP) is 2.75. The van der Waals surface area contributed by atoms with E-state index in [4.69, 9.17) is 0 Å². The molecule has 98 valence electrons. The Bertz CT molecular complexity index is 449. The van der Waals surface area contributed by atoms with Gasteiger partial charge in [0, 0.05) is 10.3 Å². The summed E-state index contributed by atoms with van der Waals surface area (Å²) in [6.07, 6.45) is 1.92. The smallest absolute Gasteiger partial charge is 0.252 e. The lowest BCUT2D eigenvalue weighted by atomic mass is 9.91. The largest absolute Gasteiger partial charge is 0.345 e. The molecule has 1 aromatic carbocycles. The molecular formula is C14H19NO2S. The molecule has 0 atom stereocenters. The standard InChI is InChI=1S/C14H19NO2S/c1-14(2,3)12(16)9-15-13(17)10-7-5-6-8-11(10)18-4/h5-8H,9H2,1-4H3,(H,15,17). The number of nitrogens with one attached hydrogen (secondary N) is 1. The normalized spacial score (nSPS) is 11.1. The minimum absolute atomic E-state index is 0.0254. The second-order valence-electron chi connectivity index (χ2n) is 5.06. The van der Waals surface area contributed by atoms with Crippen LogP contribution >= 0.6 is 11.8 Å². The molecule has 0 radical (unpaired) electrons. The Morgan fingerprint density at radius 3 is 2.39 bits per heavy atom. The van der Waals surface area contributed by atoms with E-state index in [9.17, 15) is 9.59 Å². The van der Waals surface area contributed by atoms with Gasteiger partial charge < -0.3 is 5.32 Å². The average molecular weight is 265 g/mol. The quantitative estimate of drug-likeness (QED) is 0.851. The Kier molecular flexibility index (Phi) is 4.96. The van der Waals surface area contributed by atoms with Crippen molar-refractivity contribution in [1.82, 2.24) is 5.32 Å². The first-order valence-corrected chi connectivity index (χ1v) is 7.03. The summed E-state index contributed by atoms with van der Waals surface area (Å²) in [5, 5.41) is 2.68. The molecule has 0 aliphatic heterocycles. The number of ketones is 1. The zero-order valence-corrected chi connectivity index (χ0v) is 12.1. The van der Waals surface area contributed by atoms with Crippen molar-refractivity contribution in [2.45, 2.75) is 25.7 Å². The maximum Gasteiger partial charge on any atom is 0.252 e. The van der Waals surface area contributed by atoms with Gasteiger partial charge in [-0.3, -0.25) is 9.59 Å². The summed E-state index contributed by atoms with van der Waals surface area (Å²) in [4.78, 5) is 24.6. The molecule has 0 aliphatic carbocycles. The Balaban J connectivity index is 2.69. The molecule has 1 aromatic rings. The number of amides is 1. The number of benzene rings is 1. The average Bonchev–Trinajstić information content (AvgIpc) is 2.34. The molecule has 4 heteroatoms. The van der Waals surface area contributed by atoms with Gasteiger partial charge in [0.2, 0.25) is 0 Å². The summed E-state index contributed by atoms with van der Waals surface area (Å²) in [6, 6.07) is 7.37. The molecule has 0 saturated carbocycles. The highest BCUT2D eigenvalue weighted by Crippen LogP contribution is 2.19. The molecule has 0 fully saturated rings. The van der Waals surface area contributed by atoms with Crippen LogP contribution in [0.3, 0.4) is 0 Å². The third kappa shape index (κ3) is 3.88. The highest BCUT2D eigenvalue weighted by atomic mass is 32.2. The van der Waals surface area contributed by atoms with Crippen LogP contribution in [0.5, 0.6) is 0 Å². The molecule has 1 amide bonds. The molecule has 0 bridgehead atoms. The van der Waals surface area contributed by atoms with E-state index in [1.807, 2.05) is 45.2 Å². The Morgan fingerprint density at radius 1 is 1.22 bits per heavy atom. The van der Waals surface area contributed by atoms with E-state index in [1.54, 1.807) is 6.07 Å². The zero-order valence-electron chi connectivity index (χ0n) is 11.2. The molecule has 0 heterocycles. The minimum atomic E-state index is -0.424. The van der Waals surface area contributed by atoms with Crippen LogP contribution in [-0.4, -0.2) is 24.5 Å². The van der Waals surface area contributed by atoms with Crippen LogP contribution in [0, 0.1) is 5.41 Å². The van der Waals surface area contributed by atoms with Crippen molar-refractivity contribution in [3.05, 3.63) is 29.8 Å². The molecule has 1 rings (SSSR count). The first-order chi connectivity index (χ1) is 8.36. The SMILES string of the molecule is CSc1ccccc1C(=O)NCC(=O)C(C)(C)C. The van der Waals surface area contributed by atoms with Crippen LogP contribution in [0.1, 0.15) is 31.1 Å². The number of thioether (sulfide) groups is 1. The Morgan fingerprint density at radius 2 is 1.83 bits per heavy atom. The summed E-state index contributed by atoms with van der Waals surface area (Å²) in [7, 11) is 0. The van der Waals surface area contributed by atoms with Crippen molar-refractivity contribution in [1.29, 1.82) is 0 Å². The van der Waals surface area contributed by atoms with Crippen LogP contribution in [0.2, 0.25) is 0 Å². The number of Topliss-reactive ketones (excluding diaryl/α,β-unsaturated/α-hetero) is 1. The number of hydrogen-bond acceptors (Lipinski definition) is 3. The van der Waals surface area contributed by atoms with Gasteiger partial charge in [0.15, 0.2) is 5.78 Å². The number of rotatable bonds is 4. The summed E-state index contributed by atoms with van der Waals surface area (Å²) in [5.41, 5.74) is 0.193.